The van der Waals surface area contributed by atoms with E-state index >= 15 is 0 Å². The van der Waals surface area contributed by atoms with Crippen LogP contribution < -0.4 is 5.73 Å². The van der Waals surface area contributed by atoms with Crippen LogP contribution >= 0.6 is 0 Å². The maximum absolute atomic E-state index is 5.69. The zero-order valence-electron chi connectivity index (χ0n) is 8.20. The molecule has 0 radical (unpaired) electrons. The molecule has 12 heavy (non-hydrogen) atoms. The molecule has 1 unspecified atom stereocenters. The SMILES string of the molecule is CC(n1ccnc1N)C(C)(C)C. The second-order valence-electron chi connectivity index (χ2n) is 4.23. The molecule has 0 aliphatic heterocycles. The lowest BCUT2D eigenvalue weighted by molar-refractivity contribution is 0.265. The Kier molecular flexibility index (Phi) is 2.13. The van der Waals surface area contributed by atoms with E-state index in [1.807, 2.05) is 10.8 Å². The molecule has 2 N–H and O–H groups in total. The smallest absolute Gasteiger partial charge is 0.200 e. The number of hydrogen-bond donors (Lipinski definition) is 1. The van der Waals surface area contributed by atoms with Crippen LogP contribution in [0.3, 0.4) is 0 Å². The third kappa shape index (κ3) is 1.60. The highest BCUT2D eigenvalue weighted by Crippen LogP contribution is 2.30. The Bertz CT molecular complexity index is 257. The van der Waals surface area contributed by atoms with Crippen molar-refractivity contribution < 1.29 is 0 Å². The maximum Gasteiger partial charge on any atom is 0.200 e. The standard InChI is InChI=1S/C9H17N3/c1-7(9(2,3)4)12-6-5-11-8(12)10/h5-7H,1-4H3,(H2,10,11). The van der Waals surface area contributed by atoms with Crippen LogP contribution in [0.4, 0.5) is 5.95 Å². The Morgan fingerprint density at radius 2 is 2.08 bits per heavy atom. The summed E-state index contributed by atoms with van der Waals surface area (Å²) in [5.74, 6) is 0.595. The summed E-state index contributed by atoms with van der Waals surface area (Å²) in [6, 6.07) is 0.375. The summed E-state index contributed by atoms with van der Waals surface area (Å²) in [6.45, 7) is 8.73. The molecule has 0 bridgehead atoms. The zero-order chi connectivity index (χ0) is 9.35. The number of anilines is 1. The zero-order valence-corrected chi connectivity index (χ0v) is 8.20. The summed E-state index contributed by atoms with van der Waals surface area (Å²) in [6.07, 6.45) is 3.66. The molecule has 1 heterocycles. The fraction of sp³-hybridized carbons (Fsp3) is 0.667. The fourth-order valence-electron chi connectivity index (χ4n) is 1.07. The quantitative estimate of drug-likeness (QED) is 0.695. The molecular formula is C9H17N3. The molecule has 1 atom stereocenters. The summed E-state index contributed by atoms with van der Waals surface area (Å²) < 4.78 is 2.00. The van der Waals surface area contributed by atoms with Gasteiger partial charge in [0.15, 0.2) is 5.95 Å². The van der Waals surface area contributed by atoms with E-state index in [2.05, 4.69) is 32.7 Å². The first kappa shape index (κ1) is 9.10. The molecule has 0 aliphatic carbocycles. The number of hydrogen-bond acceptors (Lipinski definition) is 2. The van der Waals surface area contributed by atoms with E-state index in [1.165, 1.54) is 0 Å². The van der Waals surface area contributed by atoms with Crippen LogP contribution in [0.25, 0.3) is 0 Å². The Hall–Kier alpha value is -0.990. The van der Waals surface area contributed by atoms with Crippen LogP contribution in [0.1, 0.15) is 33.7 Å². The van der Waals surface area contributed by atoms with Crippen LogP contribution in [0.15, 0.2) is 12.4 Å². The molecule has 0 spiro atoms. The van der Waals surface area contributed by atoms with Gasteiger partial charge in [-0.15, -0.1) is 0 Å². The van der Waals surface area contributed by atoms with Crippen molar-refractivity contribution in [2.45, 2.75) is 33.7 Å². The van der Waals surface area contributed by atoms with Gasteiger partial charge in [-0.2, -0.15) is 0 Å². The number of imidazole rings is 1. The molecule has 1 aromatic heterocycles. The van der Waals surface area contributed by atoms with Crippen LogP contribution in [-0.4, -0.2) is 9.55 Å². The predicted octanol–water partition coefficient (Wildman–Crippen LogP) is 2.07. The van der Waals surface area contributed by atoms with Crippen molar-refractivity contribution in [2.75, 3.05) is 5.73 Å². The lowest BCUT2D eigenvalue weighted by Gasteiger charge is -2.28. The number of nitrogens with zero attached hydrogens (tertiary/aromatic N) is 2. The van der Waals surface area contributed by atoms with Crippen molar-refractivity contribution in [3.63, 3.8) is 0 Å². The summed E-state index contributed by atoms with van der Waals surface area (Å²) in [7, 11) is 0. The van der Waals surface area contributed by atoms with Gasteiger partial charge in [-0.25, -0.2) is 4.98 Å². The highest BCUT2D eigenvalue weighted by molar-refractivity contribution is 5.18. The van der Waals surface area contributed by atoms with Gasteiger partial charge in [-0.05, 0) is 12.3 Å². The summed E-state index contributed by atoms with van der Waals surface area (Å²) in [5, 5.41) is 0. The molecule has 0 saturated heterocycles. The Balaban J connectivity index is 2.92. The van der Waals surface area contributed by atoms with Crippen molar-refractivity contribution in [1.82, 2.24) is 9.55 Å². The van der Waals surface area contributed by atoms with Gasteiger partial charge in [0.1, 0.15) is 0 Å². The van der Waals surface area contributed by atoms with E-state index in [0.29, 0.717) is 12.0 Å². The van der Waals surface area contributed by atoms with Crippen molar-refractivity contribution in [3.05, 3.63) is 12.4 Å². The second kappa shape index (κ2) is 2.81. The Morgan fingerprint density at radius 1 is 1.50 bits per heavy atom. The molecule has 0 aromatic carbocycles. The van der Waals surface area contributed by atoms with Gasteiger partial charge >= 0.3 is 0 Å². The minimum Gasteiger partial charge on any atom is -0.369 e. The molecule has 0 fully saturated rings. The Morgan fingerprint density at radius 3 is 2.42 bits per heavy atom. The van der Waals surface area contributed by atoms with Gasteiger partial charge < -0.3 is 10.3 Å². The van der Waals surface area contributed by atoms with Gasteiger partial charge in [0.25, 0.3) is 0 Å². The predicted molar refractivity (Wildman–Crippen MR) is 50.8 cm³/mol. The van der Waals surface area contributed by atoms with Gasteiger partial charge in [-0.3, -0.25) is 0 Å². The van der Waals surface area contributed by atoms with Crippen LogP contribution in [-0.2, 0) is 0 Å². The molecule has 3 heteroatoms. The Labute approximate surface area is 73.6 Å². The average Bonchev–Trinajstić information content (AvgIpc) is 2.31. The number of nitrogens with two attached hydrogens (primary N) is 1. The lowest BCUT2D eigenvalue weighted by Crippen LogP contribution is -2.22. The number of rotatable bonds is 1. The minimum absolute atomic E-state index is 0.217. The van der Waals surface area contributed by atoms with Crippen LogP contribution in [0.2, 0.25) is 0 Å². The van der Waals surface area contributed by atoms with Gasteiger partial charge in [-0.1, -0.05) is 20.8 Å². The second-order valence-corrected chi connectivity index (χ2v) is 4.23. The third-order valence-corrected chi connectivity index (χ3v) is 2.37. The van der Waals surface area contributed by atoms with Crippen molar-refractivity contribution in [1.29, 1.82) is 0 Å². The average molecular weight is 167 g/mol. The molecule has 68 valence electrons. The maximum atomic E-state index is 5.69. The van der Waals surface area contributed by atoms with Crippen molar-refractivity contribution in [3.8, 4) is 0 Å². The van der Waals surface area contributed by atoms with E-state index in [9.17, 15) is 0 Å². The largest absolute Gasteiger partial charge is 0.369 e. The van der Waals surface area contributed by atoms with Gasteiger partial charge in [0.2, 0.25) is 0 Å². The van der Waals surface area contributed by atoms with Crippen LogP contribution in [0, 0.1) is 5.41 Å². The monoisotopic (exact) mass is 167 g/mol. The highest BCUT2D eigenvalue weighted by atomic mass is 15.2. The fourth-order valence-corrected chi connectivity index (χ4v) is 1.07. The summed E-state index contributed by atoms with van der Waals surface area (Å²) in [4.78, 5) is 3.99. The number of nitrogen functional groups attached to an aromatic ring is 1. The molecule has 1 aromatic rings. The third-order valence-electron chi connectivity index (χ3n) is 2.37. The van der Waals surface area contributed by atoms with Gasteiger partial charge in [0, 0.05) is 18.4 Å². The molecule has 0 amide bonds. The van der Waals surface area contributed by atoms with E-state index in [0.717, 1.165) is 0 Å². The van der Waals surface area contributed by atoms with Crippen LogP contribution in [0.5, 0.6) is 0 Å². The first-order valence-electron chi connectivity index (χ1n) is 4.21. The lowest BCUT2D eigenvalue weighted by atomic mass is 9.88. The molecule has 3 nitrogen and oxygen atoms in total. The molecule has 0 saturated carbocycles. The van der Waals surface area contributed by atoms with E-state index < -0.39 is 0 Å². The van der Waals surface area contributed by atoms with E-state index in [-0.39, 0.29) is 5.41 Å². The topological polar surface area (TPSA) is 43.8 Å². The minimum atomic E-state index is 0.217. The molecular weight excluding hydrogens is 150 g/mol. The van der Waals surface area contributed by atoms with E-state index in [1.54, 1.807) is 6.20 Å². The molecule has 0 aliphatic rings. The highest BCUT2D eigenvalue weighted by Gasteiger charge is 2.22. The summed E-state index contributed by atoms with van der Waals surface area (Å²) in [5.41, 5.74) is 5.91. The van der Waals surface area contributed by atoms with Gasteiger partial charge in [0.05, 0.1) is 0 Å². The van der Waals surface area contributed by atoms with Crippen molar-refractivity contribution >= 4 is 5.95 Å². The molecule has 1 rings (SSSR count). The summed E-state index contributed by atoms with van der Waals surface area (Å²) >= 11 is 0. The normalized spacial score (nSPS) is 14.7. The van der Waals surface area contributed by atoms with Crippen molar-refractivity contribution in [2.24, 2.45) is 5.41 Å². The van der Waals surface area contributed by atoms with E-state index in [4.69, 9.17) is 5.73 Å². The number of aromatic nitrogens is 2. The first-order chi connectivity index (χ1) is 5.43. The first-order valence-corrected chi connectivity index (χ1v) is 4.21.